The average molecular weight is 331 g/mol. The molecule has 0 aromatic heterocycles. The lowest BCUT2D eigenvalue weighted by Gasteiger charge is -2.22. The first kappa shape index (κ1) is 18.5. The standard InChI is InChI=1S/C19H29N3O2/c1-2-10-21-19(24)17-5-3-4-16(13-17)14-22-18(23)7-6-15-8-11-20-12-9-15/h3-5,13,15,20H,2,6-12,14H2,1H3,(H,21,24)(H,22,23). The molecule has 1 aliphatic heterocycles. The highest BCUT2D eigenvalue weighted by Gasteiger charge is 2.14. The molecule has 5 heteroatoms. The summed E-state index contributed by atoms with van der Waals surface area (Å²) in [6, 6.07) is 7.44. The molecular weight excluding hydrogens is 302 g/mol. The van der Waals surface area contributed by atoms with E-state index in [9.17, 15) is 9.59 Å². The molecule has 3 N–H and O–H groups in total. The minimum Gasteiger partial charge on any atom is -0.352 e. The molecule has 0 saturated carbocycles. The quantitative estimate of drug-likeness (QED) is 0.684. The van der Waals surface area contributed by atoms with Crippen molar-refractivity contribution in [3.8, 4) is 0 Å². The van der Waals surface area contributed by atoms with Gasteiger partial charge in [0.2, 0.25) is 5.91 Å². The Morgan fingerprint density at radius 3 is 2.75 bits per heavy atom. The number of hydrogen-bond donors (Lipinski definition) is 3. The molecule has 1 aromatic rings. The summed E-state index contributed by atoms with van der Waals surface area (Å²) in [5, 5.41) is 9.17. The number of nitrogens with one attached hydrogen (secondary N) is 3. The van der Waals surface area contributed by atoms with E-state index in [0.29, 0.717) is 31.0 Å². The van der Waals surface area contributed by atoms with Crippen molar-refractivity contribution in [1.29, 1.82) is 0 Å². The molecule has 1 heterocycles. The summed E-state index contributed by atoms with van der Waals surface area (Å²) in [4.78, 5) is 24.0. The first-order valence-corrected chi connectivity index (χ1v) is 9.03. The van der Waals surface area contributed by atoms with Crippen molar-refractivity contribution in [1.82, 2.24) is 16.0 Å². The lowest BCUT2D eigenvalue weighted by Crippen LogP contribution is -2.29. The van der Waals surface area contributed by atoms with Crippen LogP contribution in [0.1, 0.15) is 54.9 Å². The fraction of sp³-hybridized carbons (Fsp3) is 0.579. The van der Waals surface area contributed by atoms with Crippen LogP contribution in [-0.4, -0.2) is 31.4 Å². The van der Waals surface area contributed by atoms with Gasteiger partial charge in [-0.2, -0.15) is 0 Å². The molecule has 2 amide bonds. The predicted octanol–water partition coefficient (Wildman–Crippen LogP) is 2.22. The third-order valence-corrected chi connectivity index (χ3v) is 4.45. The van der Waals surface area contributed by atoms with Crippen LogP contribution in [0.25, 0.3) is 0 Å². The van der Waals surface area contributed by atoms with Crippen LogP contribution in [0, 0.1) is 5.92 Å². The van der Waals surface area contributed by atoms with Gasteiger partial charge >= 0.3 is 0 Å². The van der Waals surface area contributed by atoms with E-state index in [4.69, 9.17) is 0 Å². The Balaban J connectivity index is 1.74. The zero-order valence-electron chi connectivity index (χ0n) is 14.6. The second-order valence-corrected chi connectivity index (χ2v) is 6.47. The monoisotopic (exact) mass is 331 g/mol. The van der Waals surface area contributed by atoms with E-state index in [1.54, 1.807) is 6.07 Å². The van der Waals surface area contributed by atoms with Gasteiger partial charge in [0.05, 0.1) is 0 Å². The average Bonchev–Trinajstić information content (AvgIpc) is 2.63. The Morgan fingerprint density at radius 2 is 2.00 bits per heavy atom. The largest absolute Gasteiger partial charge is 0.352 e. The van der Waals surface area contributed by atoms with E-state index in [-0.39, 0.29) is 11.8 Å². The minimum absolute atomic E-state index is 0.0593. The van der Waals surface area contributed by atoms with E-state index in [1.807, 2.05) is 25.1 Å². The second kappa shape index (κ2) is 10.1. The van der Waals surface area contributed by atoms with Gasteiger partial charge < -0.3 is 16.0 Å². The molecule has 0 bridgehead atoms. The topological polar surface area (TPSA) is 70.2 Å². The fourth-order valence-corrected chi connectivity index (χ4v) is 2.96. The fourth-order valence-electron chi connectivity index (χ4n) is 2.96. The molecule has 1 fully saturated rings. The Morgan fingerprint density at radius 1 is 1.21 bits per heavy atom. The van der Waals surface area contributed by atoms with E-state index in [0.717, 1.165) is 31.5 Å². The molecule has 1 aromatic carbocycles. The van der Waals surface area contributed by atoms with Crippen LogP contribution in [0.4, 0.5) is 0 Å². The van der Waals surface area contributed by atoms with Crippen LogP contribution in [0.2, 0.25) is 0 Å². The van der Waals surface area contributed by atoms with Crippen molar-refractivity contribution in [2.45, 2.75) is 45.6 Å². The molecular formula is C19H29N3O2. The van der Waals surface area contributed by atoms with Crippen molar-refractivity contribution in [3.05, 3.63) is 35.4 Å². The lowest BCUT2D eigenvalue weighted by molar-refractivity contribution is -0.121. The first-order valence-electron chi connectivity index (χ1n) is 9.03. The van der Waals surface area contributed by atoms with Gasteiger partial charge in [-0.25, -0.2) is 0 Å². The van der Waals surface area contributed by atoms with Crippen LogP contribution in [-0.2, 0) is 11.3 Å². The summed E-state index contributed by atoms with van der Waals surface area (Å²) in [6.45, 7) is 5.31. The molecule has 0 radical (unpaired) electrons. The van der Waals surface area contributed by atoms with Crippen molar-refractivity contribution in [3.63, 3.8) is 0 Å². The molecule has 5 nitrogen and oxygen atoms in total. The van der Waals surface area contributed by atoms with Gasteiger partial charge in [-0.05, 0) is 62.4 Å². The zero-order chi connectivity index (χ0) is 17.2. The van der Waals surface area contributed by atoms with E-state index in [1.165, 1.54) is 12.8 Å². The number of carbonyl (C=O) groups excluding carboxylic acids is 2. The molecule has 24 heavy (non-hydrogen) atoms. The molecule has 0 atom stereocenters. The summed E-state index contributed by atoms with van der Waals surface area (Å²) in [7, 11) is 0. The van der Waals surface area contributed by atoms with Gasteiger partial charge in [-0.15, -0.1) is 0 Å². The summed E-state index contributed by atoms with van der Waals surface area (Å²) >= 11 is 0. The number of hydrogen-bond acceptors (Lipinski definition) is 3. The highest BCUT2D eigenvalue weighted by Crippen LogP contribution is 2.17. The van der Waals surface area contributed by atoms with E-state index in [2.05, 4.69) is 16.0 Å². The maximum Gasteiger partial charge on any atom is 0.251 e. The molecule has 1 aliphatic rings. The maximum absolute atomic E-state index is 12.0. The highest BCUT2D eigenvalue weighted by molar-refractivity contribution is 5.94. The molecule has 2 rings (SSSR count). The third-order valence-electron chi connectivity index (χ3n) is 4.45. The number of carbonyl (C=O) groups is 2. The van der Waals surface area contributed by atoms with E-state index >= 15 is 0 Å². The Labute approximate surface area is 144 Å². The van der Waals surface area contributed by atoms with Crippen molar-refractivity contribution in [2.75, 3.05) is 19.6 Å². The maximum atomic E-state index is 12.0. The number of rotatable bonds is 8. The van der Waals surface area contributed by atoms with Crippen LogP contribution in [0.15, 0.2) is 24.3 Å². The van der Waals surface area contributed by atoms with Gasteiger partial charge in [0.25, 0.3) is 5.91 Å². The summed E-state index contributed by atoms with van der Waals surface area (Å²) < 4.78 is 0. The van der Waals surface area contributed by atoms with Crippen LogP contribution in [0.5, 0.6) is 0 Å². The van der Waals surface area contributed by atoms with E-state index < -0.39 is 0 Å². The first-order chi connectivity index (χ1) is 11.7. The second-order valence-electron chi connectivity index (χ2n) is 6.47. The molecule has 132 valence electrons. The summed E-state index contributed by atoms with van der Waals surface area (Å²) in [5.74, 6) is 0.702. The van der Waals surface area contributed by atoms with Crippen molar-refractivity contribution in [2.24, 2.45) is 5.92 Å². The molecule has 0 aliphatic carbocycles. The smallest absolute Gasteiger partial charge is 0.251 e. The van der Waals surface area contributed by atoms with Crippen LogP contribution < -0.4 is 16.0 Å². The van der Waals surface area contributed by atoms with Crippen LogP contribution in [0.3, 0.4) is 0 Å². The number of benzene rings is 1. The predicted molar refractivity (Wildman–Crippen MR) is 95.7 cm³/mol. The van der Waals surface area contributed by atoms with Gasteiger partial charge in [-0.3, -0.25) is 9.59 Å². The van der Waals surface area contributed by atoms with Gasteiger partial charge in [0.1, 0.15) is 0 Å². The summed E-state index contributed by atoms with van der Waals surface area (Å²) in [5.41, 5.74) is 1.60. The SMILES string of the molecule is CCCNC(=O)c1cccc(CNC(=O)CCC2CCNCC2)c1. The van der Waals surface area contributed by atoms with Gasteiger partial charge in [-0.1, -0.05) is 19.1 Å². The number of amides is 2. The Kier molecular flexibility index (Phi) is 7.75. The molecule has 0 spiro atoms. The Hall–Kier alpha value is -1.88. The van der Waals surface area contributed by atoms with Gasteiger partial charge in [0, 0.05) is 25.1 Å². The molecule has 1 saturated heterocycles. The number of piperidine rings is 1. The third kappa shape index (κ3) is 6.32. The summed E-state index contributed by atoms with van der Waals surface area (Å²) in [6.07, 6.45) is 4.80. The Bertz CT molecular complexity index is 539. The molecule has 0 unspecified atom stereocenters. The van der Waals surface area contributed by atoms with Gasteiger partial charge in [0.15, 0.2) is 0 Å². The van der Waals surface area contributed by atoms with Crippen LogP contribution >= 0.6 is 0 Å². The normalized spacial score (nSPS) is 15.0. The van der Waals surface area contributed by atoms with Crippen molar-refractivity contribution < 1.29 is 9.59 Å². The highest BCUT2D eigenvalue weighted by atomic mass is 16.2. The lowest BCUT2D eigenvalue weighted by atomic mass is 9.93. The zero-order valence-corrected chi connectivity index (χ0v) is 14.6. The van der Waals surface area contributed by atoms with Crippen molar-refractivity contribution >= 4 is 11.8 Å². The minimum atomic E-state index is -0.0593.